The van der Waals surface area contributed by atoms with Crippen molar-refractivity contribution in [3.05, 3.63) is 59.9 Å². The fourth-order valence-electron chi connectivity index (χ4n) is 2.26. The van der Waals surface area contributed by atoms with Crippen molar-refractivity contribution in [1.82, 2.24) is 10.3 Å². The van der Waals surface area contributed by atoms with E-state index in [0.29, 0.717) is 30.5 Å². The topological polar surface area (TPSA) is 92.4 Å². The van der Waals surface area contributed by atoms with Gasteiger partial charge in [0.15, 0.2) is 5.96 Å². The number of guanidine groups is 1. The maximum absolute atomic E-state index is 11.8. The summed E-state index contributed by atoms with van der Waals surface area (Å²) in [4.78, 5) is 20.0. The van der Waals surface area contributed by atoms with Gasteiger partial charge in [-0.3, -0.25) is 14.8 Å². The number of benzene rings is 1. The summed E-state index contributed by atoms with van der Waals surface area (Å²) >= 11 is 0. The molecule has 1 aromatic heterocycles. The quantitative estimate of drug-likeness (QED) is 0.411. The first-order valence-electron chi connectivity index (χ1n) is 8.45. The van der Waals surface area contributed by atoms with Crippen LogP contribution in [0.1, 0.15) is 42.1 Å². The molecular formula is C19H25N5O. The Morgan fingerprint density at radius 3 is 2.68 bits per heavy atom. The third-order valence-electron chi connectivity index (χ3n) is 3.97. The molecule has 4 N–H and O–H groups in total. The predicted molar refractivity (Wildman–Crippen MR) is 102 cm³/mol. The van der Waals surface area contributed by atoms with Gasteiger partial charge >= 0.3 is 0 Å². The standard InChI is InChI=1S/C19H25N5O/c1-3-14(2)15-6-8-17(9-7-15)24-19(20)23-12-11-22-18(25)16-5-4-10-21-13-16/h4-10,13-14H,3,11-12H2,1-2H3,(H,22,25)(H3,20,23,24). The number of carbonyl (C=O) groups excluding carboxylic acids is 1. The summed E-state index contributed by atoms with van der Waals surface area (Å²) < 4.78 is 0. The normalized spacial score (nSPS) is 12.5. The second-order valence-corrected chi connectivity index (χ2v) is 5.82. The molecule has 0 saturated heterocycles. The lowest BCUT2D eigenvalue weighted by molar-refractivity contribution is 0.0954. The van der Waals surface area contributed by atoms with Crippen LogP contribution >= 0.6 is 0 Å². The van der Waals surface area contributed by atoms with Crippen molar-refractivity contribution in [3.63, 3.8) is 0 Å². The van der Waals surface area contributed by atoms with Gasteiger partial charge in [-0.25, -0.2) is 0 Å². The van der Waals surface area contributed by atoms with E-state index in [1.54, 1.807) is 18.3 Å². The van der Waals surface area contributed by atoms with E-state index in [1.165, 1.54) is 11.8 Å². The highest BCUT2D eigenvalue weighted by Gasteiger charge is 2.04. The number of nitrogens with zero attached hydrogens (tertiary/aromatic N) is 2. The first kappa shape index (κ1) is 18.4. The SMILES string of the molecule is CCC(C)c1ccc(NC(N)=NCCNC(=O)c2cccnc2)cc1. The minimum Gasteiger partial charge on any atom is -0.370 e. The van der Waals surface area contributed by atoms with E-state index in [9.17, 15) is 4.79 Å². The zero-order valence-electron chi connectivity index (χ0n) is 14.7. The van der Waals surface area contributed by atoms with E-state index < -0.39 is 0 Å². The van der Waals surface area contributed by atoms with Crippen LogP contribution in [0.25, 0.3) is 0 Å². The van der Waals surface area contributed by atoms with Crippen LogP contribution in [-0.2, 0) is 0 Å². The first-order chi connectivity index (χ1) is 12.1. The van der Waals surface area contributed by atoms with E-state index in [4.69, 9.17) is 5.73 Å². The van der Waals surface area contributed by atoms with Gasteiger partial charge in [0.2, 0.25) is 0 Å². The molecule has 1 aromatic carbocycles. The number of hydrogen-bond donors (Lipinski definition) is 3. The number of anilines is 1. The molecule has 1 unspecified atom stereocenters. The van der Waals surface area contributed by atoms with E-state index in [2.05, 4.69) is 46.6 Å². The molecule has 0 saturated carbocycles. The van der Waals surface area contributed by atoms with Crippen molar-refractivity contribution in [2.24, 2.45) is 10.7 Å². The maximum atomic E-state index is 11.8. The molecule has 2 rings (SSSR count). The van der Waals surface area contributed by atoms with Crippen LogP contribution in [0.3, 0.4) is 0 Å². The Hall–Kier alpha value is -2.89. The summed E-state index contributed by atoms with van der Waals surface area (Å²) in [6.45, 7) is 5.19. The van der Waals surface area contributed by atoms with Gasteiger partial charge < -0.3 is 16.4 Å². The van der Waals surface area contributed by atoms with E-state index in [1.807, 2.05) is 12.1 Å². The molecule has 25 heavy (non-hydrogen) atoms. The molecule has 0 aliphatic rings. The number of rotatable bonds is 7. The van der Waals surface area contributed by atoms with Gasteiger partial charge in [0.05, 0.1) is 12.1 Å². The first-order valence-corrected chi connectivity index (χ1v) is 8.45. The summed E-state index contributed by atoms with van der Waals surface area (Å²) in [5, 5.41) is 5.83. The van der Waals surface area contributed by atoms with Crippen molar-refractivity contribution < 1.29 is 4.79 Å². The number of hydrogen-bond acceptors (Lipinski definition) is 3. The highest BCUT2D eigenvalue weighted by molar-refractivity contribution is 5.94. The molecule has 0 aliphatic carbocycles. The highest BCUT2D eigenvalue weighted by atomic mass is 16.1. The lowest BCUT2D eigenvalue weighted by Gasteiger charge is -2.11. The smallest absolute Gasteiger partial charge is 0.252 e. The Morgan fingerprint density at radius 1 is 1.28 bits per heavy atom. The van der Waals surface area contributed by atoms with E-state index in [-0.39, 0.29) is 5.91 Å². The van der Waals surface area contributed by atoms with Crippen LogP contribution in [0, 0.1) is 0 Å². The minimum atomic E-state index is -0.171. The number of nitrogens with two attached hydrogens (primary N) is 1. The number of aliphatic imine (C=N–C) groups is 1. The molecular weight excluding hydrogens is 314 g/mol. The molecule has 0 spiro atoms. The van der Waals surface area contributed by atoms with Crippen molar-refractivity contribution >= 4 is 17.6 Å². The summed E-state index contributed by atoms with van der Waals surface area (Å²) in [5.41, 5.74) is 8.60. The zero-order chi connectivity index (χ0) is 18.1. The number of pyridine rings is 1. The summed E-state index contributed by atoms with van der Waals surface area (Å²) in [6.07, 6.45) is 4.27. The fraction of sp³-hybridized carbons (Fsp3) is 0.316. The molecule has 1 atom stereocenters. The number of aromatic nitrogens is 1. The second-order valence-electron chi connectivity index (χ2n) is 5.82. The van der Waals surface area contributed by atoms with Crippen molar-refractivity contribution in [2.75, 3.05) is 18.4 Å². The van der Waals surface area contributed by atoms with Crippen LogP contribution in [0.2, 0.25) is 0 Å². The van der Waals surface area contributed by atoms with Gasteiger partial charge in [-0.2, -0.15) is 0 Å². The maximum Gasteiger partial charge on any atom is 0.252 e. The third-order valence-corrected chi connectivity index (χ3v) is 3.97. The molecule has 132 valence electrons. The van der Waals surface area contributed by atoms with Crippen LogP contribution in [0.15, 0.2) is 53.8 Å². The third kappa shape index (κ3) is 5.91. The average molecular weight is 339 g/mol. The van der Waals surface area contributed by atoms with Crippen LogP contribution in [0.5, 0.6) is 0 Å². The van der Waals surface area contributed by atoms with Crippen LogP contribution < -0.4 is 16.4 Å². The largest absolute Gasteiger partial charge is 0.370 e. The van der Waals surface area contributed by atoms with E-state index >= 15 is 0 Å². The van der Waals surface area contributed by atoms with Crippen molar-refractivity contribution in [3.8, 4) is 0 Å². The Kier molecular flexibility index (Phi) is 6.95. The van der Waals surface area contributed by atoms with Gasteiger partial charge in [0, 0.05) is 24.6 Å². The molecule has 1 heterocycles. The zero-order valence-corrected chi connectivity index (χ0v) is 14.7. The average Bonchev–Trinajstić information content (AvgIpc) is 2.65. The predicted octanol–water partition coefficient (Wildman–Crippen LogP) is 2.75. The molecule has 0 fully saturated rings. The summed E-state index contributed by atoms with van der Waals surface area (Å²) in [7, 11) is 0. The lowest BCUT2D eigenvalue weighted by atomic mass is 9.99. The number of nitrogens with one attached hydrogen (secondary N) is 2. The Balaban J connectivity index is 1.77. The van der Waals surface area contributed by atoms with Gasteiger partial charge in [-0.1, -0.05) is 26.0 Å². The minimum absolute atomic E-state index is 0.171. The van der Waals surface area contributed by atoms with Gasteiger partial charge in [-0.15, -0.1) is 0 Å². The van der Waals surface area contributed by atoms with Crippen molar-refractivity contribution in [1.29, 1.82) is 0 Å². The molecule has 0 bridgehead atoms. The fourth-order valence-corrected chi connectivity index (χ4v) is 2.26. The van der Waals surface area contributed by atoms with Gasteiger partial charge in [0.1, 0.15) is 0 Å². The monoisotopic (exact) mass is 339 g/mol. The van der Waals surface area contributed by atoms with Crippen molar-refractivity contribution in [2.45, 2.75) is 26.2 Å². The van der Waals surface area contributed by atoms with Gasteiger partial charge in [-0.05, 0) is 42.2 Å². The molecule has 1 amide bonds. The summed E-state index contributed by atoms with van der Waals surface area (Å²) in [5.74, 6) is 0.700. The number of carbonyl (C=O) groups is 1. The lowest BCUT2D eigenvalue weighted by Crippen LogP contribution is -2.28. The highest BCUT2D eigenvalue weighted by Crippen LogP contribution is 2.20. The Labute approximate surface area is 148 Å². The molecule has 6 heteroatoms. The summed E-state index contributed by atoms with van der Waals surface area (Å²) in [6, 6.07) is 11.6. The van der Waals surface area contributed by atoms with E-state index in [0.717, 1.165) is 12.1 Å². The molecule has 6 nitrogen and oxygen atoms in total. The Morgan fingerprint density at radius 2 is 2.04 bits per heavy atom. The molecule has 2 aromatic rings. The number of amides is 1. The van der Waals surface area contributed by atoms with Crippen LogP contribution in [0.4, 0.5) is 5.69 Å². The van der Waals surface area contributed by atoms with Gasteiger partial charge in [0.25, 0.3) is 5.91 Å². The van der Waals surface area contributed by atoms with Crippen LogP contribution in [-0.4, -0.2) is 29.9 Å². The Bertz CT molecular complexity index is 698. The second kappa shape index (κ2) is 9.42. The molecule has 0 aliphatic heterocycles. The molecule has 0 radical (unpaired) electrons.